The SMILES string of the molecule is Cc1c2cc(Cl)cc(Cl)c2nn1CC(C)(C#N)NC(=O)c1ccc(OC(F)(F)F)cc1. The van der Waals surface area contributed by atoms with Crippen molar-refractivity contribution in [1.82, 2.24) is 15.1 Å². The van der Waals surface area contributed by atoms with Gasteiger partial charge in [-0.05, 0) is 50.2 Å². The molecule has 31 heavy (non-hydrogen) atoms. The normalized spacial score (nSPS) is 13.5. The molecule has 0 saturated heterocycles. The van der Waals surface area contributed by atoms with Gasteiger partial charge in [-0.25, -0.2) is 0 Å². The van der Waals surface area contributed by atoms with Crippen LogP contribution in [0, 0.1) is 18.3 Å². The number of nitriles is 1. The highest BCUT2D eigenvalue weighted by Gasteiger charge is 2.32. The van der Waals surface area contributed by atoms with Crippen molar-refractivity contribution in [2.45, 2.75) is 32.3 Å². The van der Waals surface area contributed by atoms with Crippen LogP contribution in [0.2, 0.25) is 10.0 Å². The molecule has 0 saturated carbocycles. The Bertz CT molecular complexity index is 1190. The minimum atomic E-state index is -4.83. The summed E-state index contributed by atoms with van der Waals surface area (Å²) in [4.78, 5) is 12.6. The molecule has 1 heterocycles. The Morgan fingerprint density at radius 3 is 2.48 bits per heavy atom. The predicted octanol–water partition coefficient (Wildman–Crippen LogP) is 5.26. The van der Waals surface area contributed by atoms with Gasteiger partial charge >= 0.3 is 6.36 Å². The van der Waals surface area contributed by atoms with Gasteiger partial charge in [0.05, 0.1) is 17.6 Å². The van der Waals surface area contributed by atoms with Gasteiger partial charge < -0.3 is 10.1 Å². The number of ether oxygens (including phenoxy) is 1. The fourth-order valence-electron chi connectivity index (χ4n) is 2.97. The van der Waals surface area contributed by atoms with Gasteiger partial charge in [0.1, 0.15) is 16.8 Å². The average Bonchev–Trinajstić information content (AvgIpc) is 2.97. The number of hydrogen-bond acceptors (Lipinski definition) is 4. The molecule has 1 atom stereocenters. The van der Waals surface area contributed by atoms with Crippen LogP contribution in [-0.4, -0.2) is 27.6 Å². The molecule has 6 nitrogen and oxygen atoms in total. The van der Waals surface area contributed by atoms with E-state index in [0.29, 0.717) is 26.6 Å². The molecular formula is C20H15Cl2F3N4O2. The molecule has 3 aromatic rings. The summed E-state index contributed by atoms with van der Waals surface area (Å²) in [6.07, 6.45) is -4.83. The molecule has 3 rings (SSSR count). The Labute approximate surface area is 185 Å². The van der Waals surface area contributed by atoms with E-state index < -0.39 is 23.6 Å². The zero-order chi connectivity index (χ0) is 23.0. The molecule has 1 aromatic heterocycles. The molecule has 2 aromatic carbocycles. The van der Waals surface area contributed by atoms with Gasteiger partial charge in [-0.1, -0.05) is 23.2 Å². The smallest absolute Gasteiger partial charge is 0.406 e. The zero-order valence-corrected chi connectivity index (χ0v) is 17.7. The molecule has 11 heteroatoms. The Kier molecular flexibility index (Phi) is 6.07. The summed E-state index contributed by atoms with van der Waals surface area (Å²) in [5.74, 6) is -1.10. The Balaban J connectivity index is 1.81. The highest BCUT2D eigenvalue weighted by molar-refractivity contribution is 6.38. The number of nitrogens with one attached hydrogen (secondary N) is 1. The molecular weight excluding hydrogens is 456 g/mol. The fourth-order valence-corrected chi connectivity index (χ4v) is 3.50. The number of benzene rings is 2. The maximum atomic E-state index is 12.6. The first-order chi connectivity index (χ1) is 14.4. The summed E-state index contributed by atoms with van der Waals surface area (Å²) in [5, 5.41) is 18.2. The van der Waals surface area contributed by atoms with Gasteiger partial charge in [-0.15, -0.1) is 13.2 Å². The lowest BCUT2D eigenvalue weighted by atomic mass is 10.0. The van der Waals surface area contributed by atoms with Crippen LogP contribution in [0.25, 0.3) is 10.9 Å². The zero-order valence-electron chi connectivity index (χ0n) is 16.2. The minimum Gasteiger partial charge on any atom is -0.406 e. The Hall–Kier alpha value is -2.96. The van der Waals surface area contributed by atoms with Crippen LogP contribution >= 0.6 is 23.2 Å². The van der Waals surface area contributed by atoms with Gasteiger partial charge in [0.15, 0.2) is 0 Å². The summed E-state index contributed by atoms with van der Waals surface area (Å²) >= 11 is 12.2. The maximum absolute atomic E-state index is 12.6. The second-order valence-electron chi connectivity index (χ2n) is 7.00. The number of nitrogens with zero attached hydrogens (tertiary/aromatic N) is 3. The maximum Gasteiger partial charge on any atom is 0.573 e. The fraction of sp³-hybridized carbons (Fsp3) is 0.250. The molecule has 162 valence electrons. The molecule has 1 amide bonds. The Morgan fingerprint density at radius 2 is 1.90 bits per heavy atom. The van der Waals surface area contributed by atoms with Crippen molar-refractivity contribution in [2.75, 3.05) is 0 Å². The van der Waals surface area contributed by atoms with Gasteiger partial charge in [-0.2, -0.15) is 10.4 Å². The molecule has 0 fully saturated rings. The number of aromatic nitrogens is 2. The number of aryl methyl sites for hydroxylation is 1. The van der Waals surface area contributed by atoms with Crippen LogP contribution in [0.3, 0.4) is 0 Å². The number of carbonyl (C=O) groups excluding carboxylic acids is 1. The molecule has 0 bridgehead atoms. The molecule has 0 radical (unpaired) electrons. The molecule has 0 aliphatic carbocycles. The van der Waals surface area contributed by atoms with Crippen LogP contribution in [0.5, 0.6) is 5.75 Å². The van der Waals surface area contributed by atoms with Crippen molar-refractivity contribution >= 4 is 40.0 Å². The number of amides is 1. The summed E-state index contributed by atoms with van der Waals surface area (Å²) < 4.78 is 42.1. The Morgan fingerprint density at radius 1 is 1.26 bits per heavy atom. The summed E-state index contributed by atoms with van der Waals surface area (Å²) in [7, 11) is 0. The van der Waals surface area contributed by atoms with E-state index in [1.54, 1.807) is 19.1 Å². The topological polar surface area (TPSA) is 79.9 Å². The molecule has 1 N–H and O–H groups in total. The first kappa shape index (κ1) is 22.7. The van der Waals surface area contributed by atoms with Crippen molar-refractivity contribution in [1.29, 1.82) is 5.26 Å². The van der Waals surface area contributed by atoms with Gasteiger partial charge in [0.25, 0.3) is 5.91 Å². The third-order valence-electron chi connectivity index (χ3n) is 4.48. The lowest BCUT2D eigenvalue weighted by molar-refractivity contribution is -0.274. The third kappa shape index (κ3) is 5.21. The summed E-state index contributed by atoms with van der Waals surface area (Å²) in [6, 6.07) is 9.67. The first-order valence-corrected chi connectivity index (χ1v) is 9.58. The minimum absolute atomic E-state index is 0.00102. The van der Waals surface area contributed by atoms with E-state index in [2.05, 4.69) is 15.2 Å². The molecule has 0 aliphatic rings. The second-order valence-corrected chi connectivity index (χ2v) is 7.84. The number of carbonyl (C=O) groups is 1. The lowest BCUT2D eigenvalue weighted by Gasteiger charge is -2.24. The van der Waals surface area contributed by atoms with Crippen LogP contribution in [0.15, 0.2) is 36.4 Å². The number of hydrogen-bond donors (Lipinski definition) is 1. The van der Waals surface area contributed by atoms with Crippen LogP contribution in [0.1, 0.15) is 23.0 Å². The highest BCUT2D eigenvalue weighted by Crippen LogP contribution is 2.30. The number of rotatable bonds is 5. The van der Waals surface area contributed by atoms with Crippen molar-refractivity contribution < 1.29 is 22.7 Å². The van der Waals surface area contributed by atoms with Gasteiger partial charge in [0.2, 0.25) is 0 Å². The van der Waals surface area contributed by atoms with Gasteiger partial charge in [0, 0.05) is 21.7 Å². The summed E-state index contributed by atoms with van der Waals surface area (Å²) in [6.45, 7) is 3.28. The quantitative estimate of drug-likeness (QED) is 0.551. The van der Waals surface area contributed by atoms with Crippen LogP contribution < -0.4 is 10.1 Å². The third-order valence-corrected chi connectivity index (χ3v) is 4.98. The largest absolute Gasteiger partial charge is 0.573 e. The first-order valence-electron chi connectivity index (χ1n) is 8.82. The van der Waals surface area contributed by atoms with E-state index in [0.717, 1.165) is 12.1 Å². The van der Waals surface area contributed by atoms with Crippen molar-refractivity contribution in [3.05, 3.63) is 57.7 Å². The van der Waals surface area contributed by atoms with E-state index in [9.17, 15) is 23.2 Å². The van der Waals surface area contributed by atoms with Crippen molar-refractivity contribution in [3.8, 4) is 11.8 Å². The molecule has 0 aliphatic heterocycles. The number of alkyl halides is 3. The molecule has 0 spiro atoms. The van der Waals surface area contributed by atoms with E-state index in [-0.39, 0.29) is 12.1 Å². The monoisotopic (exact) mass is 470 g/mol. The average molecular weight is 471 g/mol. The predicted molar refractivity (Wildman–Crippen MR) is 109 cm³/mol. The standard InChI is InChI=1S/C20H15Cl2F3N4O2/c1-11-15-7-13(21)8-16(22)17(15)28-29(11)10-19(2,9-26)27-18(30)12-3-5-14(6-4-12)31-20(23,24)25/h3-8H,10H2,1-2H3,(H,27,30). The van der Waals surface area contributed by atoms with E-state index in [1.807, 2.05) is 6.07 Å². The van der Waals surface area contributed by atoms with Crippen LogP contribution in [-0.2, 0) is 6.54 Å². The number of halogens is 5. The van der Waals surface area contributed by atoms with Crippen molar-refractivity contribution in [2.24, 2.45) is 0 Å². The second kappa shape index (κ2) is 8.29. The van der Waals surface area contributed by atoms with Crippen molar-refractivity contribution in [3.63, 3.8) is 0 Å². The molecule has 1 unspecified atom stereocenters. The van der Waals surface area contributed by atoms with E-state index in [4.69, 9.17) is 23.2 Å². The highest BCUT2D eigenvalue weighted by atomic mass is 35.5. The van der Waals surface area contributed by atoms with E-state index >= 15 is 0 Å². The number of fused-ring (bicyclic) bond motifs is 1. The summed E-state index contributed by atoms with van der Waals surface area (Å²) in [5.41, 5.74) is -0.103. The van der Waals surface area contributed by atoms with Gasteiger partial charge in [-0.3, -0.25) is 9.48 Å². The lowest BCUT2D eigenvalue weighted by Crippen LogP contribution is -2.48. The van der Waals surface area contributed by atoms with E-state index in [1.165, 1.54) is 23.7 Å². The van der Waals surface area contributed by atoms with Crippen LogP contribution in [0.4, 0.5) is 13.2 Å².